The first-order valence-electron chi connectivity index (χ1n) is 4.05. The maximum Gasteiger partial charge on any atom is 0.339 e. The van der Waals surface area contributed by atoms with Crippen molar-refractivity contribution >= 4 is 13.6 Å². The highest BCUT2D eigenvalue weighted by molar-refractivity contribution is 7.51. The number of esters is 1. The maximum atomic E-state index is 10.8. The zero-order valence-electron chi connectivity index (χ0n) is 7.87. The molecule has 1 unspecified atom stereocenters. The molecule has 0 aliphatic heterocycles. The second kappa shape index (κ2) is 6.89. The molecule has 9 heteroatoms. The van der Waals surface area contributed by atoms with E-state index in [2.05, 4.69) is 10.1 Å². The molecule has 0 aromatic heterocycles. The van der Waals surface area contributed by atoms with Gasteiger partial charge in [-0.2, -0.15) is 0 Å². The van der Waals surface area contributed by atoms with Crippen LogP contribution in [0.2, 0.25) is 0 Å². The van der Waals surface area contributed by atoms with E-state index in [1.165, 1.54) is 0 Å². The molecule has 0 saturated heterocycles. The molecule has 0 spiro atoms. The van der Waals surface area contributed by atoms with Crippen molar-refractivity contribution in [1.29, 1.82) is 0 Å². The summed E-state index contributed by atoms with van der Waals surface area (Å²) in [4.78, 5) is 27.6. The van der Waals surface area contributed by atoms with Gasteiger partial charge in [0.05, 0.1) is 19.4 Å². The Bertz CT molecular complexity index is 240. The standard InChI is InChI=1S/C6H14NO7P/c8-2-5(9)3-14-6(10)1-7-4-15(11,12)13/h5,7-9H,1-4H2,(H2,11,12,13). The minimum absolute atomic E-state index is 0.354. The Morgan fingerprint density at radius 3 is 2.53 bits per heavy atom. The predicted molar refractivity (Wildman–Crippen MR) is 49.0 cm³/mol. The number of nitrogens with one attached hydrogen (secondary N) is 1. The van der Waals surface area contributed by atoms with Crippen molar-refractivity contribution in [1.82, 2.24) is 5.32 Å². The fourth-order valence-corrected chi connectivity index (χ4v) is 1.000. The Morgan fingerprint density at radius 1 is 1.47 bits per heavy atom. The fraction of sp³-hybridized carbons (Fsp3) is 0.833. The second-order valence-electron chi connectivity index (χ2n) is 2.77. The number of aliphatic hydroxyl groups excluding tert-OH is 2. The van der Waals surface area contributed by atoms with Gasteiger partial charge in [0.25, 0.3) is 0 Å². The number of aliphatic hydroxyl groups is 2. The van der Waals surface area contributed by atoms with Gasteiger partial charge in [0, 0.05) is 0 Å². The molecule has 0 rings (SSSR count). The van der Waals surface area contributed by atoms with Gasteiger partial charge in [0.2, 0.25) is 0 Å². The van der Waals surface area contributed by atoms with Crippen LogP contribution in [0.4, 0.5) is 0 Å². The van der Waals surface area contributed by atoms with Crippen LogP contribution in [0.15, 0.2) is 0 Å². The van der Waals surface area contributed by atoms with Crippen LogP contribution in [0.3, 0.4) is 0 Å². The van der Waals surface area contributed by atoms with Crippen molar-refractivity contribution in [3.8, 4) is 0 Å². The quantitative estimate of drug-likeness (QED) is 0.247. The zero-order valence-corrected chi connectivity index (χ0v) is 8.76. The highest BCUT2D eigenvalue weighted by Gasteiger charge is 2.13. The van der Waals surface area contributed by atoms with Crippen LogP contribution in [0, 0.1) is 0 Å². The Labute approximate surface area is 86.0 Å². The lowest BCUT2D eigenvalue weighted by atomic mass is 10.4. The summed E-state index contributed by atoms with van der Waals surface area (Å²) in [7, 11) is -4.17. The van der Waals surface area contributed by atoms with E-state index in [1.807, 2.05) is 0 Å². The minimum atomic E-state index is -4.17. The molecular weight excluding hydrogens is 229 g/mol. The lowest BCUT2D eigenvalue weighted by molar-refractivity contribution is -0.146. The number of hydrogen-bond donors (Lipinski definition) is 5. The molecule has 0 saturated carbocycles. The van der Waals surface area contributed by atoms with Crippen LogP contribution in [-0.4, -0.2) is 58.1 Å². The van der Waals surface area contributed by atoms with Gasteiger partial charge >= 0.3 is 13.6 Å². The maximum absolute atomic E-state index is 10.8. The fourth-order valence-electron chi connectivity index (χ4n) is 0.596. The van der Waals surface area contributed by atoms with Crippen molar-refractivity contribution in [3.05, 3.63) is 0 Å². The minimum Gasteiger partial charge on any atom is -0.462 e. The molecule has 90 valence electrons. The van der Waals surface area contributed by atoms with Crippen LogP contribution < -0.4 is 5.32 Å². The highest BCUT2D eigenvalue weighted by atomic mass is 31.2. The summed E-state index contributed by atoms with van der Waals surface area (Å²) in [6.45, 7) is -1.25. The van der Waals surface area contributed by atoms with Gasteiger partial charge in [0.1, 0.15) is 12.7 Å². The highest BCUT2D eigenvalue weighted by Crippen LogP contribution is 2.31. The van der Waals surface area contributed by atoms with Gasteiger partial charge in [-0.05, 0) is 0 Å². The largest absolute Gasteiger partial charge is 0.462 e. The molecule has 0 bridgehead atoms. The van der Waals surface area contributed by atoms with Crippen LogP contribution in [0.5, 0.6) is 0 Å². The first kappa shape index (κ1) is 14.5. The molecule has 0 amide bonds. The Balaban J connectivity index is 3.54. The van der Waals surface area contributed by atoms with Crippen molar-refractivity contribution in [2.24, 2.45) is 0 Å². The van der Waals surface area contributed by atoms with Crippen LogP contribution in [-0.2, 0) is 14.1 Å². The molecule has 5 N–H and O–H groups in total. The summed E-state index contributed by atoms with van der Waals surface area (Å²) >= 11 is 0. The van der Waals surface area contributed by atoms with Crippen LogP contribution in [0.1, 0.15) is 0 Å². The third-order valence-electron chi connectivity index (χ3n) is 1.23. The third kappa shape index (κ3) is 9.80. The normalized spacial score (nSPS) is 13.6. The SMILES string of the molecule is O=C(CNCP(=O)(O)O)OCC(O)CO. The van der Waals surface area contributed by atoms with Gasteiger partial charge in [-0.3, -0.25) is 14.7 Å². The van der Waals surface area contributed by atoms with Gasteiger partial charge < -0.3 is 24.7 Å². The van der Waals surface area contributed by atoms with E-state index in [0.717, 1.165) is 0 Å². The monoisotopic (exact) mass is 243 g/mol. The number of carbonyl (C=O) groups is 1. The average Bonchev–Trinajstić information content (AvgIpc) is 2.12. The molecule has 15 heavy (non-hydrogen) atoms. The number of rotatable bonds is 7. The number of carbonyl (C=O) groups excluding carboxylic acids is 1. The van der Waals surface area contributed by atoms with Crippen LogP contribution >= 0.6 is 7.60 Å². The topological polar surface area (TPSA) is 136 Å². The summed E-state index contributed by atoms with van der Waals surface area (Å²) in [6, 6.07) is 0. The van der Waals surface area contributed by atoms with E-state index < -0.39 is 32.6 Å². The molecule has 0 heterocycles. The number of ether oxygens (including phenoxy) is 1. The van der Waals surface area contributed by atoms with E-state index in [0.29, 0.717) is 0 Å². The smallest absolute Gasteiger partial charge is 0.339 e. The van der Waals surface area contributed by atoms with E-state index in [4.69, 9.17) is 20.0 Å². The summed E-state index contributed by atoms with van der Waals surface area (Å²) in [5, 5.41) is 19.3. The van der Waals surface area contributed by atoms with Gasteiger partial charge in [-0.25, -0.2) is 0 Å². The number of hydrogen-bond acceptors (Lipinski definition) is 6. The molecule has 0 fully saturated rings. The van der Waals surface area contributed by atoms with E-state index in [-0.39, 0.29) is 13.2 Å². The van der Waals surface area contributed by atoms with E-state index >= 15 is 0 Å². The van der Waals surface area contributed by atoms with Crippen LogP contribution in [0.25, 0.3) is 0 Å². The summed E-state index contributed by atoms with van der Waals surface area (Å²) in [6.07, 6.45) is -1.76. The zero-order chi connectivity index (χ0) is 11.9. The third-order valence-corrected chi connectivity index (χ3v) is 1.87. The summed E-state index contributed by atoms with van der Waals surface area (Å²) in [5.74, 6) is -0.768. The Kier molecular flexibility index (Phi) is 6.66. The first-order chi connectivity index (χ1) is 6.85. The molecule has 0 aliphatic rings. The van der Waals surface area contributed by atoms with Crippen molar-refractivity contribution < 1.29 is 34.1 Å². The first-order valence-corrected chi connectivity index (χ1v) is 5.84. The molecule has 0 radical (unpaired) electrons. The second-order valence-corrected chi connectivity index (χ2v) is 4.41. The average molecular weight is 243 g/mol. The molecule has 1 atom stereocenters. The lowest BCUT2D eigenvalue weighted by Crippen LogP contribution is -2.29. The van der Waals surface area contributed by atoms with Gasteiger partial charge in [-0.15, -0.1) is 0 Å². The Morgan fingerprint density at radius 2 is 2.07 bits per heavy atom. The molecule has 8 nitrogen and oxygen atoms in total. The molecular formula is C6H14NO7P. The van der Waals surface area contributed by atoms with Gasteiger partial charge in [0.15, 0.2) is 0 Å². The molecule has 0 aromatic rings. The van der Waals surface area contributed by atoms with Crippen molar-refractivity contribution in [2.75, 3.05) is 26.0 Å². The predicted octanol–water partition coefficient (Wildman–Crippen LogP) is -2.39. The summed E-state index contributed by atoms with van der Waals surface area (Å²) < 4.78 is 14.8. The molecule has 0 aromatic carbocycles. The Hall–Kier alpha value is -0.500. The van der Waals surface area contributed by atoms with E-state index in [9.17, 15) is 9.36 Å². The van der Waals surface area contributed by atoms with E-state index in [1.54, 1.807) is 0 Å². The van der Waals surface area contributed by atoms with Crippen molar-refractivity contribution in [2.45, 2.75) is 6.10 Å². The van der Waals surface area contributed by atoms with Gasteiger partial charge in [-0.1, -0.05) is 0 Å². The summed E-state index contributed by atoms with van der Waals surface area (Å²) in [5.41, 5.74) is 0. The van der Waals surface area contributed by atoms with Crippen molar-refractivity contribution in [3.63, 3.8) is 0 Å². The lowest BCUT2D eigenvalue weighted by Gasteiger charge is -2.09. The molecule has 0 aliphatic carbocycles.